The zero-order chi connectivity index (χ0) is 14.8. The number of aliphatic carboxylic acids is 1. The second-order valence-electron chi connectivity index (χ2n) is 6.43. The third kappa shape index (κ3) is 2.88. The Hall–Kier alpha value is -0.870. The molecule has 2 heterocycles. The highest BCUT2D eigenvalue weighted by atomic mass is 32.1. The SMILES string of the molecule is CCC(c1cccs1)N1C(C(=O)O)CCC2CCCCC21. The lowest BCUT2D eigenvalue weighted by Gasteiger charge is -2.50. The molecule has 4 atom stereocenters. The first-order valence-electron chi connectivity index (χ1n) is 8.26. The minimum absolute atomic E-state index is 0.275. The van der Waals surface area contributed by atoms with Crippen molar-refractivity contribution in [2.75, 3.05) is 0 Å². The molecule has 1 aromatic heterocycles. The van der Waals surface area contributed by atoms with Gasteiger partial charge in [0.25, 0.3) is 0 Å². The van der Waals surface area contributed by atoms with Crippen LogP contribution >= 0.6 is 11.3 Å². The summed E-state index contributed by atoms with van der Waals surface area (Å²) in [6.07, 6.45) is 7.95. The van der Waals surface area contributed by atoms with Gasteiger partial charge in [-0.3, -0.25) is 9.69 Å². The summed E-state index contributed by atoms with van der Waals surface area (Å²) in [7, 11) is 0. The van der Waals surface area contributed by atoms with Crippen molar-refractivity contribution in [1.29, 1.82) is 0 Å². The van der Waals surface area contributed by atoms with E-state index >= 15 is 0 Å². The zero-order valence-corrected chi connectivity index (χ0v) is 13.5. The summed E-state index contributed by atoms with van der Waals surface area (Å²) >= 11 is 1.77. The summed E-state index contributed by atoms with van der Waals surface area (Å²) in [5, 5.41) is 11.8. The van der Waals surface area contributed by atoms with Crippen molar-refractivity contribution < 1.29 is 9.90 Å². The van der Waals surface area contributed by atoms with E-state index in [-0.39, 0.29) is 12.1 Å². The van der Waals surface area contributed by atoms with E-state index in [1.54, 1.807) is 11.3 Å². The first-order chi connectivity index (χ1) is 10.2. The number of nitrogens with zero attached hydrogens (tertiary/aromatic N) is 1. The van der Waals surface area contributed by atoms with Gasteiger partial charge >= 0.3 is 5.97 Å². The zero-order valence-electron chi connectivity index (χ0n) is 12.7. The molecular formula is C17H25NO2S. The first kappa shape index (κ1) is 15.0. The van der Waals surface area contributed by atoms with Crippen LogP contribution in [0.25, 0.3) is 0 Å². The Morgan fingerprint density at radius 1 is 1.38 bits per heavy atom. The van der Waals surface area contributed by atoms with Crippen molar-refractivity contribution in [3.05, 3.63) is 22.4 Å². The van der Waals surface area contributed by atoms with Crippen LogP contribution in [0.5, 0.6) is 0 Å². The van der Waals surface area contributed by atoms with Crippen molar-refractivity contribution in [3.63, 3.8) is 0 Å². The van der Waals surface area contributed by atoms with Gasteiger partial charge in [0.05, 0.1) is 0 Å². The largest absolute Gasteiger partial charge is 0.480 e. The lowest BCUT2D eigenvalue weighted by atomic mass is 9.75. The quantitative estimate of drug-likeness (QED) is 0.901. The lowest BCUT2D eigenvalue weighted by molar-refractivity contribution is -0.150. The number of carboxylic acid groups (broad SMARTS) is 1. The maximum absolute atomic E-state index is 11.8. The maximum Gasteiger partial charge on any atom is 0.320 e. The highest BCUT2D eigenvalue weighted by molar-refractivity contribution is 7.10. The van der Waals surface area contributed by atoms with Gasteiger partial charge in [0.15, 0.2) is 0 Å². The molecule has 1 aliphatic heterocycles. The average molecular weight is 307 g/mol. The van der Waals surface area contributed by atoms with E-state index in [0.717, 1.165) is 19.3 Å². The Bertz CT molecular complexity index is 473. The molecule has 1 saturated carbocycles. The van der Waals surface area contributed by atoms with Gasteiger partial charge in [0.2, 0.25) is 0 Å². The predicted octanol–water partition coefficient (Wildman–Crippen LogP) is 4.31. The number of rotatable bonds is 4. The fraction of sp³-hybridized carbons (Fsp3) is 0.706. The molecule has 1 aromatic rings. The molecule has 3 rings (SSSR count). The van der Waals surface area contributed by atoms with E-state index in [1.807, 2.05) is 0 Å². The Kier molecular flexibility index (Phi) is 4.65. The summed E-state index contributed by atoms with van der Waals surface area (Å²) in [6.45, 7) is 2.19. The van der Waals surface area contributed by atoms with Gasteiger partial charge in [0.1, 0.15) is 6.04 Å². The van der Waals surface area contributed by atoms with Crippen molar-refractivity contribution in [3.8, 4) is 0 Å². The van der Waals surface area contributed by atoms with E-state index in [2.05, 4.69) is 29.3 Å². The van der Waals surface area contributed by atoms with Gasteiger partial charge in [0, 0.05) is 17.0 Å². The van der Waals surface area contributed by atoms with Crippen LogP contribution in [0.15, 0.2) is 17.5 Å². The summed E-state index contributed by atoms with van der Waals surface area (Å²) < 4.78 is 0. The van der Waals surface area contributed by atoms with Crippen LogP contribution in [0.2, 0.25) is 0 Å². The minimum Gasteiger partial charge on any atom is -0.480 e. The smallest absolute Gasteiger partial charge is 0.320 e. The molecule has 3 nitrogen and oxygen atoms in total. The third-order valence-corrected chi connectivity index (χ3v) is 6.30. The number of hydrogen-bond acceptors (Lipinski definition) is 3. The fourth-order valence-corrected chi connectivity index (χ4v) is 5.33. The van der Waals surface area contributed by atoms with Crippen LogP contribution in [0.1, 0.15) is 62.8 Å². The number of fused-ring (bicyclic) bond motifs is 1. The lowest BCUT2D eigenvalue weighted by Crippen LogP contribution is -2.56. The molecule has 2 aliphatic rings. The van der Waals surface area contributed by atoms with Gasteiger partial charge in [-0.2, -0.15) is 0 Å². The van der Waals surface area contributed by atoms with E-state index in [1.165, 1.54) is 30.6 Å². The first-order valence-corrected chi connectivity index (χ1v) is 9.14. The molecule has 0 aromatic carbocycles. The molecule has 0 spiro atoms. The predicted molar refractivity (Wildman–Crippen MR) is 85.6 cm³/mol. The van der Waals surface area contributed by atoms with Crippen molar-refractivity contribution >= 4 is 17.3 Å². The highest BCUT2D eigenvalue weighted by Gasteiger charge is 2.44. The Morgan fingerprint density at radius 2 is 2.19 bits per heavy atom. The normalized spacial score (nSPS) is 31.6. The molecule has 4 heteroatoms. The van der Waals surface area contributed by atoms with Gasteiger partial charge < -0.3 is 5.11 Å². The Labute approximate surface area is 131 Å². The van der Waals surface area contributed by atoms with E-state index in [4.69, 9.17) is 0 Å². The van der Waals surface area contributed by atoms with Crippen LogP contribution in [0.3, 0.4) is 0 Å². The van der Waals surface area contributed by atoms with Gasteiger partial charge in [-0.1, -0.05) is 25.8 Å². The van der Waals surface area contributed by atoms with Crippen LogP contribution in [0, 0.1) is 5.92 Å². The fourth-order valence-electron chi connectivity index (χ4n) is 4.41. The molecular weight excluding hydrogens is 282 g/mol. The number of likely N-dealkylation sites (tertiary alicyclic amines) is 1. The number of carbonyl (C=O) groups is 1. The molecule has 1 aliphatic carbocycles. The molecule has 116 valence electrons. The molecule has 0 bridgehead atoms. The monoisotopic (exact) mass is 307 g/mol. The summed E-state index contributed by atoms with van der Waals surface area (Å²) in [4.78, 5) is 15.5. The molecule has 21 heavy (non-hydrogen) atoms. The van der Waals surface area contributed by atoms with Gasteiger partial charge in [-0.25, -0.2) is 0 Å². The summed E-state index contributed by atoms with van der Waals surface area (Å²) in [6, 6.07) is 4.71. The summed E-state index contributed by atoms with van der Waals surface area (Å²) in [5.41, 5.74) is 0. The average Bonchev–Trinajstić information content (AvgIpc) is 3.02. The van der Waals surface area contributed by atoms with Crippen molar-refractivity contribution in [2.24, 2.45) is 5.92 Å². The van der Waals surface area contributed by atoms with Crippen LogP contribution in [-0.4, -0.2) is 28.1 Å². The Balaban J connectivity index is 1.93. The molecule has 1 N–H and O–H groups in total. The maximum atomic E-state index is 11.8. The van der Waals surface area contributed by atoms with Crippen molar-refractivity contribution in [2.45, 2.75) is 70.0 Å². The topological polar surface area (TPSA) is 40.5 Å². The van der Waals surface area contributed by atoms with Crippen LogP contribution in [-0.2, 0) is 4.79 Å². The molecule has 0 amide bonds. The van der Waals surface area contributed by atoms with Gasteiger partial charge in [-0.15, -0.1) is 11.3 Å². The second-order valence-corrected chi connectivity index (χ2v) is 7.41. The number of thiophene rings is 1. The highest BCUT2D eigenvalue weighted by Crippen LogP contribution is 2.43. The minimum atomic E-state index is -0.631. The second kappa shape index (κ2) is 6.49. The van der Waals surface area contributed by atoms with E-state index < -0.39 is 5.97 Å². The molecule has 1 saturated heterocycles. The number of carboxylic acids is 1. The molecule has 0 radical (unpaired) electrons. The van der Waals surface area contributed by atoms with E-state index in [9.17, 15) is 9.90 Å². The summed E-state index contributed by atoms with van der Waals surface area (Å²) in [5.74, 6) is 0.0809. The van der Waals surface area contributed by atoms with Crippen LogP contribution in [0.4, 0.5) is 0 Å². The molecule has 2 fully saturated rings. The van der Waals surface area contributed by atoms with Crippen LogP contribution < -0.4 is 0 Å². The standard InChI is InChI=1S/C17H25NO2S/c1-2-13(16-8-5-11-21-16)18-14-7-4-3-6-12(14)9-10-15(18)17(19)20/h5,8,11-15H,2-4,6-7,9-10H2,1H3,(H,19,20). The number of piperidine rings is 1. The third-order valence-electron chi connectivity index (χ3n) is 5.33. The Morgan fingerprint density at radius 3 is 2.86 bits per heavy atom. The van der Waals surface area contributed by atoms with E-state index in [0.29, 0.717) is 12.0 Å². The molecule has 4 unspecified atom stereocenters. The van der Waals surface area contributed by atoms with Crippen molar-refractivity contribution in [1.82, 2.24) is 4.90 Å². The number of hydrogen-bond donors (Lipinski definition) is 1. The van der Waals surface area contributed by atoms with Gasteiger partial charge in [-0.05, 0) is 49.5 Å².